The highest BCUT2D eigenvalue weighted by atomic mass is 79.9. The van der Waals surface area contributed by atoms with Gasteiger partial charge in [-0.3, -0.25) is 4.98 Å². The fourth-order valence-corrected chi connectivity index (χ4v) is 2.54. The Hall–Kier alpha value is -0.670. The summed E-state index contributed by atoms with van der Waals surface area (Å²) in [6.07, 6.45) is 10.3. The van der Waals surface area contributed by atoms with E-state index in [1.54, 1.807) is 6.20 Å². The van der Waals surface area contributed by atoms with E-state index in [1.165, 1.54) is 5.57 Å². The van der Waals surface area contributed by atoms with Gasteiger partial charge in [-0.15, -0.1) is 0 Å². The van der Waals surface area contributed by atoms with E-state index < -0.39 is 5.60 Å². The molecule has 0 bridgehead atoms. The fourth-order valence-electron chi connectivity index (χ4n) is 2.17. The molecule has 3 heteroatoms. The first-order valence-corrected chi connectivity index (χ1v) is 7.86. The number of pyridine rings is 1. The first-order valence-electron chi connectivity index (χ1n) is 7.07. The van der Waals surface area contributed by atoms with Crippen molar-refractivity contribution in [2.75, 3.05) is 0 Å². The summed E-state index contributed by atoms with van der Waals surface area (Å²) in [6, 6.07) is 2.09. The van der Waals surface area contributed by atoms with Gasteiger partial charge in [-0.1, -0.05) is 26.8 Å². The monoisotopic (exact) mass is 325 g/mol. The van der Waals surface area contributed by atoms with Gasteiger partial charge in [0.2, 0.25) is 0 Å². The maximum absolute atomic E-state index is 10.3. The molecule has 0 aliphatic rings. The molecule has 0 amide bonds. The van der Waals surface area contributed by atoms with Crippen LogP contribution in [0.5, 0.6) is 0 Å². The van der Waals surface area contributed by atoms with E-state index in [0.29, 0.717) is 0 Å². The summed E-state index contributed by atoms with van der Waals surface area (Å²) in [5, 5.41) is 10.3. The highest BCUT2D eigenvalue weighted by Gasteiger charge is 2.20. The average molecular weight is 326 g/mol. The topological polar surface area (TPSA) is 33.1 Å². The van der Waals surface area contributed by atoms with Gasteiger partial charge in [0, 0.05) is 16.9 Å². The number of halogens is 1. The van der Waals surface area contributed by atoms with Gasteiger partial charge in [0.25, 0.3) is 0 Å². The van der Waals surface area contributed by atoms with Crippen LogP contribution in [0.3, 0.4) is 0 Å². The molecule has 106 valence electrons. The predicted molar refractivity (Wildman–Crippen MR) is 85.0 cm³/mol. The maximum Gasteiger partial charge on any atom is 0.0645 e. The van der Waals surface area contributed by atoms with Crippen molar-refractivity contribution in [3.05, 3.63) is 34.6 Å². The van der Waals surface area contributed by atoms with Crippen LogP contribution in [0.1, 0.15) is 58.4 Å². The van der Waals surface area contributed by atoms with Crippen LogP contribution in [-0.4, -0.2) is 15.7 Å². The van der Waals surface area contributed by atoms with E-state index in [0.717, 1.165) is 42.1 Å². The van der Waals surface area contributed by atoms with E-state index in [9.17, 15) is 5.11 Å². The molecular formula is C16H24BrNO. The summed E-state index contributed by atoms with van der Waals surface area (Å²) >= 11 is 3.45. The molecule has 0 radical (unpaired) electrons. The third-order valence-corrected chi connectivity index (χ3v) is 4.21. The van der Waals surface area contributed by atoms with Crippen LogP contribution < -0.4 is 0 Å². The molecule has 2 nitrogen and oxygen atoms in total. The highest BCUT2D eigenvalue weighted by molar-refractivity contribution is 9.10. The minimum Gasteiger partial charge on any atom is -0.390 e. The maximum atomic E-state index is 10.3. The fraction of sp³-hybridized carbons (Fsp3) is 0.562. The van der Waals surface area contributed by atoms with Crippen LogP contribution in [0.4, 0.5) is 0 Å². The van der Waals surface area contributed by atoms with Gasteiger partial charge < -0.3 is 5.11 Å². The largest absolute Gasteiger partial charge is 0.390 e. The number of aliphatic hydroxyl groups is 1. The Morgan fingerprint density at radius 1 is 1.32 bits per heavy atom. The number of allylic oxidation sites excluding steroid dienone is 2. The second-order valence-electron chi connectivity index (χ2n) is 4.94. The van der Waals surface area contributed by atoms with Crippen molar-refractivity contribution in [3.63, 3.8) is 0 Å². The Bertz CT molecular complexity index is 425. The molecule has 1 aromatic rings. The zero-order chi connectivity index (χ0) is 14.3. The van der Waals surface area contributed by atoms with E-state index in [1.807, 2.05) is 20.0 Å². The van der Waals surface area contributed by atoms with E-state index in [4.69, 9.17) is 0 Å². The van der Waals surface area contributed by atoms with Crippen molar-refractivity contribution in [1.82, 2.24) is 4.98 Å². The lowest BCUT2D eigenvalue weighted by atomic mass is 9.91. The van der Waals surface area contributed by atoms with Crippen LogP contribution in [0.25, 0.3) is 5.57 Å². The van der Waals surface area contributed by atoms with Crippen molar-refractivity contribution >= 4 is 21.5 Å². The second-order valence-corrected chi connectivity index (χ2v) is 5.86. The summed E-state index contributed by atoms with van der Waals surface area (Å²) in [7, 11) is 0. The van der Waals surface area contributed by atoms with Gasteiger partial charge in [-0.25, -0.2) is 0 Å². The van der Waals surface area contributed by atoms with Crippen molar-refractivity contribution in [3.8, 4) is 0 Å². The zero-order valence-electron chi connectivity index (χ0n) is 12.1. The molecular weight excluding hydrogens is 302 g/mol. The zero-order valence-corrected chi connectivity index (χ0v) is 13.7. The van der Waals surface area contributed by atoms with Crippen LogP contribution in [0.15, 0.2) is 29.0 Å². The van der Waals surface area contributed by atoms with Gasteiger partial charge in [0.15, 0.2) is 0 Å². The first-order chi connectivity index (χ1) is 9.04. The summed E-state index contributed by atoms with van der Waals surface area (Å²) in [4.78, 5) is 4.21. The normalized spacial score (nSPS) is 12.8. The lowest BCUT2D eigenvalue weighted by molar-refractivity contribution is 0.0246. The lowest BCUT2D eigenvalue weighted by Crippen LogP contribution is -2.25. The molecule has 0 unspecified atom stereocenters. The quantitative estimate of drug-likeness (QED) is 0.767. The van der Waals surface area contributed by atoms with Gasteiger partial charge >= 0.3 is 0 Å². The van der Waals surface area contributed by atoms with Gasteiger partial charge in [-0.2, -0.15) is 0 Å². The molecule has 1 rings (SSSR count). The molecule has 1 aromatic heterocycles. The molecule has 0 atom stereocenters. The Morgan fingerprint density at radius 3 is 2.53 bits per heavy atom. The number of hydrogen-bond donors (Lipinski definition) is 1. The van der Waals surface area contributed by atoms with Gasteiger partial charge in [0.05, 0.1) is 5.60 Å². The lowest BCUT2D eigenvalue weighted by Gasteiger charge is -2.24. The molecule has 1 heterocycles. The van der Waals surface area contributed by atoms with Crippen molar-refractivity contribution in [1.29, 1.82) is 0 Å². The Kier molecular flexibility index (Phi) is 6.73. The van der Waals surface area contributed by atoms with E-state index in [2.05, 4.69) is 40.0 Å². The molecule has 19 heavy (non-hydrogen) atoms. The SMILES string of the molecule is CC/C(=C\CCC(O)(CC)CC)c1cncc(Br)c1. The second kappa shape index (κ2) is 7.81. The highest BCUT2D eigenvalue weighted by Crippen LogP contribution is 2.25. The number of hydrogen-bond acceptors (Lipinski definition) is 2. The summed E-state index contributed by atoms with van der Waals surface area (Å²) in [6.45, 7) is 6.25. The van der Waals surface area contributed by atoms with Crippen LogP contribution >= 0.6 is 15.9 Å². The molecule has 0 fully saturated rings. The molecule has 0 aromatic carbocycles. The summed E-state index contributed by atoms with van der Waals surface area (Å²) < 4.78 is 1.00. The molecule has 0 saturated heterocycles. The minimum absolute atomic E-state index is 0.509. The molecule has 1 N–H and O–H groups in total. The van der Waals surface area contributed by atoms with Crippen LogP contribution in [-0.2, 0) is 0 Å². The molecule has 0 aliphatic heterocycles. The Labute approximate surface area is 125 Å². The predicted octanol–water partition coefficient (Wildman–Crippen LogP) is 4.97. The standard InChI is InChI=1S/C16H24BrNO/c1-4-13(14-10-15(17)12-18-11-14)8-7-9-16(19,5-2)6-3/h8,10-12,19H,4-7,9H2,1-3H3/b13-8+. The molecule has 0 saturated carbocycles. The van der Waals surface area contributed by atoms with Crippen LogP contribution in [0, 0.1) is 0 Å². The third-order valence-electron chi connectivity index (χ3n) is 3.77. The third kappa shape index (κ3) is 5.07. The van der Waals surface area contributed by atoms with Crippen molar-refractivity contribution in [2.45, 2.75) is 58.5 Å². The van der Waals surface area contributed by atoms with Crippen LogP contribution in [0.2, 0.25) is 0 Å². The number of nitrogens with zero attached hydrogens (tertiary/aromatic N) is 1. The first kappa shape index (κ1) is 16.4. The van der Waals surface area contributed by atoms with E-state index in [-0.39, 0.29) is 0 Å². The van der Waals surface area contributed by atoms with Gasteiger partial charge in [-0.05, 0) is 65.2 Å². The number of rotatable bonds is 7. The van der Waals surface area contributed by atoms with Crippen molar-refractivity contribution < 1.29 is 5.11 Å². The Morgan fingerprint density at radius 2 is 2.00 bits per heavy atom. The molecule has 0 aliphatic carbocycles. The van der Waals surface area contributed by atoms with Crippen molar-refractivity contribution in [2.24, 2.45) is 0 Å². The smallest absolute Gasteiger partial charge is 0.0645 e. The summed E-state index contributed by atoms with van der Waals surface area (Å²) in [5.74, 6) is 0. The molecule has 0 spiro atoms. The minimum atomic E-state index is -0.509. The van der Waals surface area contributed by atoms with E-state index >= 15 is 0 Å². The number of aromatic nitrogens is 1. The summed E-state index contributed by atoms with van der Waals surface area (Å²) in [5.41, 5.74) is 1.95. The average Bonchev–Trinajstić information content (AvgIpc) is 2.43. The Balaban J connectivity index is 2.73. The van der Waals surface area contributed by atoms with Gasteiger partial charge in [0.1, 0.15) is 0 Å².